The van der Waals surface area contributed by atoms with Gasteiger partial charge in [0.15, 0.2) is 0 Å². The summed E-state index contributed by atoms with van der Waals surface area (Å²) in [6.07, 6.45) is 16.1. The molecular formula is C22H35N. The highest BCUT2D eigenvalue weighted by Crippen LogP contribution is 2.44. The lowest BCUT2D eigenvalue weighted by atomic mass is 9.68. The first-order chi connectivity index (χ1) is 11.3. The smallest absolute Gasteiger partial charge is 0.0314 e. The Kier molecular flexibility index (Phi) is 6.02. The third-order valence-electron chi connectivity index (χ3n) is 6.70. The second-order valence-corrected chi connectivity index (χ2v) is 8.20. The first kappa shape index (κ1) is 16.9. The number of nitrogens with two attached hydrogens (primary N) is 1. The molecule has 0 atom stereocenters. The molecule has 0 saturated heterocycles. The zero-order chi connectivity index (χ0) is 16.1. The quantitative estimate of drug-likeness (QED) is 0.614. The first-order valence-corrected chi connectivity index (χ1v) is 10.1. The van der Waals surface area contributed by atoms with Gasteiger partial charge in [-0.25, -0.2) is 0 Å². The van der Waals surface area contributed by atoms with Crippen LogP contribution < -0.4 is 5.73 Å². The Morgan fingerprint density at radius 2 is 1.39 bits per heavy atom. The lowest BCUT2D eigenvalue weighted by Crippen LogP contribution is -2.25. The Hall–Kier alpha value is -0.980. The van der Waals surface area contributed by atoms with E-state index < -0.39 is 0 Å². The van der Waals surface area contributed by atoms with Gasteiger partial charge in [0.2, 0.25) is 0 Å². The molecule has 1 aromatic carbocycles. The summed E-state index contributed by atoms with van der Waals surface area (Å²) in [6.45, 7) is 2.32. The minimum atomic E-state index is 0.785. The van der Waals surface area contributed by atoms with Crippen molar-refractivity contribution < 1.29 is 0 Å². The molecule has 2 N–H and O–H groups in total. The van der Waals surface area contributed by atoms with Crippen molar-refractivity contribution in [3.63, 3.8) is 0 Å². The molecule has 1 nitrogen and oxygen atoms in total. The van der Waals surface area contributed by atoms with E-state index in [-0.39, 0.29) is 0 Å². The predicted octanol–water partition coefficient (Wildman–Crippen LogP) is 6.54. The molecule has 128 valence electrons. The van der Waals surface area contributed by atoms with E-state index >= 15 is 0 Å². The SMILES string of the molecule is CCCCC1CCC(C2CCC(c3ccc(N)cc3)CC2)CC1. The van der Waals surface area contributed by atoms with E-state index in [9.17, 15) is 0 Å². The van der Waals surface area contributed by atoms with Gasteiger partial charge >= 0.3 is 0 Å². The highest BCUT2D eigenvalue weighted by atomic mass is 14.5. The van der Waals surface area contributed by atoms with Crippen LogP contribution in [0.15, 0.2) is 24.3 Å². The Balaban J connectivity index is 1.43. The van der Waals surface area contributed by atoms with Crippen molar-refractivity contribution in [2.24, 2.45) is 17.8 Å². The molecule has 1 aromatic rings. The van der Waals surface area contributed by atoms with Gasteiger partial charge in [0, 0.05) is 5.69 Å². The maximum absolute atomic E-state index is 5.82. The molecule has 0 aromatic heterocycles. The van der Waals surface area contributed by atoms with Crippen molar-refractivity contribution in [3.05, 3.63) is 29.8 Å². The van der Waals surface area contributed by atoms with Crippen LogP contribution in [0.5, 0.6) is 0 Å². The van der Waals surface area contributed by atoms with Gasteiger partial charge in [-0.15, -0.1) is 0 Å². The molecule has 0 radical (unpaired) electrons. The third kappa shape index (κ3) is 4.52. The molecule has 2 fully saturated rings. The van der Waals surface area contributed by atoms with Gasteiger partial charge in [-0.2, -0.15) is 0 Å². The lowest BCUT2D eigenvalue weighted by Gasteiger charge is -2.38. The number of unbranched alkanes of at least 4 members (excludes halogenated alkanes) is 1. The average molecular weight is 314 g/mol. The average Bonchev–Trinajstić information content (AvgIpc) is 2.61. The predicted molar refractivity (Wildman–Crippen MR) is 101 cm³/mol. The van der Waals surface area contributed by atoms with Crippen LogP contribution in [0.2, 0.25) is 0 Å². The van der Waals surface area contributed by atoms with Gasteiger partial charge in [-0.3, -0.25) is 0 Å². The van der Waals surface area contributed by atoms with Gasteiger partial charge < -0.3 is 5.73 Å². The van der Waals surface area contributed by atoms with Gasteiger partial charge in [0.1, 0.15) is 0 Å². The van der Waals surface area contributed by atoms with Gasteiger partial charge in [0.25, 0.3) is 0 Å². The summed E-state index contributed by atoms with van der Waals surface area (Å²) >= 11 is 0. The fourth-order valence-electron chi connectivity index (χ4n) is 5.13. The fraction of sp³-hybridized carbons (Fsp3) is 0.727. The van der Waals surface area contributed by atoms with Crippen LogP contribution in [0.1, 0.15) is 89.0 Å². The lowest BCUT2D eigenvalue weighted by molar-refractivity contribution is 0.156. The number of hydrogen-bond donors (Lipinski definition) is 1. The minimum absolute atomic E-state index is 0.785. The monoisotopic (exact) mass is 313 g/mol. The zero-order valence-electron chi connectivity index (χ0n) is 15.0. The van der Waals surface area contributed by atoms with Crippen LogP contribution in [0, 0.1) is 17.8 Å². The van der Waals surface area contributed by atoms with Gasteiger partial charge in [-0.1, -0.05) is 51.2 Å². The largest absolute Gasteiger partial charge is 0.399 e. The van der Waals surface area contributed by atoms with Crippen molar-refractivity contribution in [2.75, 3.05) is 5.73 Å². The normalized spacial score (nSPS) is 31.9. The molecule has 2 aliphatic carbocycles. The molecular weight excluding hydrogens is 278 g/mol. The molecule has 2 saturated carbocycles. The summed E-state index contributed by atoms with van der Waals surface area (Å²) in [4.78, 5) is 0. The minimum Gasteiger partial charge on any atom is -0.399 e. The third-order valence-corrected chi connectivity index (χ3v) is 6.70. The molecule has 0 amide bonds. The van der Waals surface area contributed by atoms with Crippen molar-refractivity contribution in [1.29, 1.82) is 0 Å². The standard InChI is InChI=1S/C22H35N/c1-2-3-4-17-5-7-18(8-6-17)19-9-11-20(12-10-19)21-13-15-22(23)16-14-21/h13-20H,2-12,23H2,1H3. The number of hydrogen-bond acceptors (Lipinski definition) is 1. The van der Waals surface area contributed by atoms with Crippen molar-refractivity contribution in [2.45, 2.75) is 83.5 Å². The fourth-order valence-corrected chi connectivity index (χ4v) is 5.13. The summed E-state index contributed by atoms with van der Waals surface area (Å²) in [5.74, 6) is 3.90. The van der Waals surface area contributed by atoms with E-state index in [4.69, 9.17) is 5.73 Å². The topological polar surface area (TPSA) is 26.0 Å². The molecule has 0 aliphatic heterocycles. The van der Waals surface area contributed by atoms with Crippen LogP contribution in [0.3, 0.4) is 0 Å². The van der Waals surface area contributed by atoms with E-state index in [1.807, 2.05) is 0 Å². The summed E-state index contributed by atoms with van der Waals surface area (Å²) in [7, 11) is 0. The van der Waals surface area contributed by atoms with Crippen molar-refractivity contribution in [3.8, 4) is 0 Å². The van der Waals surface area contributed by atoms with Gasteiger partial charge in [-0.05, 0) is 79.9 Å². The van der Waals surface area contributed by atoms with Crippen molar-refractivity contribution in [1.82, 2.24) is 0 Å². The molecule has 2 aliphatic rings. The Morgan fingerprint density at radius 3 is 1.96 bits per heavy atom. The van der Waals surface area contributed by atoms with Crippen LogP contribution in [0.4, 0.5) is 5.69 Å². The highest BCUT2D eigenvalue weighted by molar-refractivity contribution is 5.40. The molecule has 3 rings (SSSR count). The van der Waals surface area contributed by atoms with Crippen LogP contribution >= 0.6 is 0 Å². The van der Waals surface area contributed by atoms with Crippen molar-refractivity contribution >= 4 is 5.69 Å². The number of anilines is 1. The summed E-state index contributed by atoms with van der Waals surface area (Å²) in [5, 5.41) is 0. The molecule has 1 heteroatoms. The highest BCUT2D eigenvalue weighted by Gasteiger charge is 2.31. The van der Waals surface area contributed by atoms with Gasteiger partial charge in [0.05, 0.1) is 0 Å². The summed E-state index contributed by atoms with van der Waals surface area (Å²) in [6, 6.07) is 8.64. The number of rotatable bonds is 5. The molecule has 0 unspecified atom stereocenters. The van der Waals surface area contributed by atoms with E-state index in [0.717, 1.165) is 29.4 Å². The second-order valence-electron chi connectivity index (χ2n) is 8.20. The van der Waals surface area contributed by atoms with Crippen LogP contribution in [0.25, 0.3) is 0 Å². The molecule has 0 bridgehead atoms. The summed E-state index contributed by atoms with van der Waals surface area (Å²) < 4.78 is 0. The Labute approximate surface area is 143 Å². The van der Waals surface area contributed by atoms with E-state index in [1.165, 1.54) is 76.2 Å². The maximum Gasteiger partial charge on any atom is 0.0314 e. The maximum atomic E-state index is 5.82. The van der Waals surface area contributed by atoms with Crippen LogP contribution in [-0.4, -0.2) is 0 Å². The van der Waals surface area contributed by atoms with Crippen LogP contribution in [-0.2, 0) is 0 Å². The summed E-state index contributed by atoms with van der Waals surface area (Å²) in [5.41, 5.74) is 8.22. The zero-order valence-corrected chi connectivity index (χ0v) is 15.0. The first-order valence-electron chi connectivity index (χ1n) is 10.1. The Bertz CT molecular complexity index is 447. The van der Waals surface area contributed by atoms with E-state index in [0.29, 0.717) is 0 Å². The molecule has 0 spiro atoms. The number of nitrogen functional groups attached to an aromatic ring is 1. The number of benzene rings is 1. The molecule has 23 heavy (non-hydrogen) atoms. The van der Waals surface area contributed by atoms with E-state index in [2.05, 4.69) is 31.2 Å². The Morgan fingerprint density at radius 1 is 0.826 bits per heavy atom. The van der Waals surface area contributed by atoms with E-state index in [1.54, 1.807) is 0 Å². The second kappa shape index (κ2) is 8.22. The molecule has 0 heterocycles.